The van der Waals surface area contributed by atoms with Gasteiger partial charge in [-0.1, -0.05) is 0 Å². The van der Waals surface area contributed by atoms with Crippen molar-refractivity contribution in [3.63, 3.8) is 0 Å². The number of thiophene rings is 1. The SMILES string of the molecule is CNc1scc(CC(N)=O)c1CO. The van der Waals surface area contributed by atoms with Crippen LogP contribution in [-0.4, -0.2) is 18.1 Å². The normalized spacial score (nSPS) is 10.0. The predicted octanol–water partition coefficient (Wildman–Crippen LogP) is 0.310. The molecule has 0 fully saturated rings. The number of primary amides is 1. The molecule has 13 heavy (non-hydrogen) atoms. The van der Waals surface area contributed by atoms with E-state index in [-0.39, 0.29) is 18.9 Å². The second-order valence-corrected chi connectivity index (χ2v) is 3.50. The largest absolute Gasteiger partial charge is 0.392 e. The van der Waals surface area contributed by atoms with Gasteiger partial charge in [0.25, 0.3) is 0 Å². The van der Waals surface area contributed by atoms with E-state index in [0.29, 0.717) is 0 Å². The highest BCUT2D eigenvalue weighted by atomic mass is 32.1. The van der Waals surface area contributed by atoms with E-state index in [9.17, 15) is 4.79 Å². The van der Waals surface area contributed by atoms with Crippen LogP contribution in [0.3, 0.4) is 0 Å². The van der Waals surface area contributed by atoms with E-state index in [4.69, 9.17) is 10.8 Å². The molecule has 5 heteroatoms. The average molecular weight is 200 g/mol. The van der Waals surface area contributed by atoms with Gasteiger partial charge in [-0.15, -0.1) is 11.3 Å². The lowest BCUT2D eigenvalue weighted by Crippen LogP contribution is -2.14. The third-order valence-electron chi connectivity index (χ3n) is 1.73. The predicted molar refractivity (Wildman–Crippen MR) is 52.7 cm³/mol. The minimum absolute atomic E-state index is 0.0672. The van der Waals surface area contributed by atoms with Gasteiger partial charge < -0.3 is 16.2 Å². The summed E-state index contributed by atoms with van der Waals surface area (Å²) >= 11 is 1.46. The van der Waals surface area contributed by atoms with E-state index in [0.717, 1.165) is 16.1 Å². The summed E-state index contributed by atoms with van der Waals surface area (Å²) in [5, 5.41) is 14.7. The number of carbonyl (C=O) groups is 1. The Bertz CT molecular complexity index is 309. The summed E-state index contributed by atoms with van der Waals surface area (Å²) in [5.41, 5.74) is 6.64. The molecule has 0 unspecified atom stereocenters. The van der Waals surface area contributed by atoms with Gasteiger partial charge in [0.15, 0.2) is 0 Å². The fourth-order valence-corrected chi connectivity index (χ4v) is 2.08. The number of aliphatic hydroxyl groups excluding tert-OH is 1. The smallest absolute Gasteiger partial charge is 0.221 e. The number of carbonyl (C=O) groups excluding carboxylic acids is 1. The number of amides is 1. The van der Waals surface area contributed by atoms with Crippen LogP contribution in [0.15, 0.2) is 5.38 Å². The zero-order valence-corrected chi connectivity index (χ0v) is 8.15. The van der Waals surface area contributed by atoms with Gasteiger partial charge in [-0.25, -0.2) is 0 Å². The third-order valence-corrected chi connectivity index (χ3v) is 2.82. The highest BCUT2D eigenvalue weighted by Crippen LogP contribution is 2.27. The first-order valence-electron chi connectivity index (χ1n) is 3.85. The Morgan fingerprint density at radius 3 is 2.92 bits per heavy atom. The molecule has 0 aliphatic rings. The Balaban J connectivity index is 2.93. The first kappa shape index (κ1) is 10.0. The van der Waals surface area contributed by atoms with Gasteiger partial charge >= 0.3 is 0 Å². The minimum atomic E-state index is -0.379. The lowest BCUT2D eigenvalue weighted by Gasteiger charge is -2.01. The molecular formula is C8H12N2O2S. The van der Waals surface area contributed by atoms with Crippen molar-refractivity contribution < 1.29 is 9.90 Å². The highest BCUT2D eigenvalue weighted by Gasteiger charge is 2.11. The van der Waals surface area contributed by atoms with Gasteiger partial charge in [-0.2, -0.15) is 0 Å². The number of hydrogen-bond donors (Lipinski definition) is 3. The monoisotopic (exact) mass is 200 g/mol. The molecule has 72 valence electrons. The van der Waals surface area contributed by atoms with Crippen LogP contribution < -0.4 is 11.1 Å². The van der Waals surface area contributed by atoms with Gasteiger partial charge in [0.2, 0.25) is 5.91 Å². The summed E-state index contributed by atoms with van der Waals surface area (Å²) in [5.74, 6) is -0.379. The van der Waals surface area contributed by atoms with E-state index < -0.39 is 0 Å². The highest BCUT2D eigenvalue weighted by molar-refractivity contribution is 7.14. The van der Waals surface area contributed by atoms with Crippen molar-refractivity contribution in [3.05, 3.63) is 16.5 Å². The van der Waals surface area contributed by atoms with Gasteiger partial charge in [-0.05, 0) is 10.9 Å². The van der Waals surface area contributed by atoms with Crippen molar-refractivity contribution in [2.45, 2.75) is 13.0 Å². The van der Waals surface area contributed by atoms with Gasteiger partial charge in [0, 0.05) is 12.6 Å². The molecule has 0 atom stereocenters. The Morgan fingerprint density at radius 1 is 1.77 bits per heavy atom. The van der Waals surface area contributed by atoms with Crippen molar-refractivity contribution in [1.82, 2.24) is 0 Å². The summed E-state index contributed by atoms with van der Waals surface area (Å²) in [7, 11) is 1.78. The lowest BCUT2D eigenvalue weighted by atomic mass is 10.1. The van der Waals surface area contributed by atoms with Crippen LogP contribution in [0.4, 0.5) is 5.00 Å². The maximum absolute atomic E-state index is 10.7. The molecular weight excluding hydrogens is 188 g/mol. The standard InChI is InChI=1S/C8H12N2O2S/c1-10-8-6(3-11)5(4-13-8)2-7(9)12/h4,10-11H,2-3H2,1H3,(H2,9,12). The third kappa shape index (κ3) is 2.19. The summed E-state index contributed by atoms with van der Waals surface area (Å²) in [6, 6.07) is 0. The molecule has 0 saturated heterocycles. The molecule has 0 bridgehead atoms. The van der Waals surface area contributed by atoms with Crippen LogP contribution in [-0.2, 0) is 17.8 Å². The number of rotatable bonds is 4. The van der Waals surface area contributed by atoms with Gasteiger partial charge in [0.1, 0.15) is 0 Å². The number of anilines is 1. The Morgan fingerprint density at radius 2 is 2.46 bits per heavy atom. The van der Waals surface area contributed by atoms with Crippen LogP contribution in [0.1, 0.15) is 11.1 Å². The van der Waals surface area contributed by atoms with Crippen LogP contribution in [0, 0.1) is 0 Å². The fourth-order valence-electron chi connectivity index (χ4n) is 1.14. The summed E-state index contributed by atoms with van der Waals surface area (Å²) in [6.45, 7) is -0.0672. The second kappa shape index (κ2) is 4.25. The van der Waals surface area contributed by atoms with Crippen molar-refractivity contribution in [2.24, 2.45) is 5.73 Å². The molecule has 0 saturated carbocycles. The molecule has 0 aromatic carbocycles. The zero-order valence-electron chi connectivity index (χ0n) is 7.33. The number of nitrogens with two attached hydrogens (primary N) is 1. The number of aliphatic hydroxyl groups is 1. The molecule has 4 N–H and O–H groups in total. The molecule has 1 aromatic heterocycles. The number of hydrogen-bond acceptors (Lipinski definition) is 4. The maximum atomic E-state index is 10.7. The van der Waals surface area contributed by atoms with Crippen molar-refractivity contribution in [3.8, 4) is 0 Å². The summed E-state index contributed by atoms with van der Waals surface area (Å²) in [6.07, 6.45) is 0.189. The maximum Gasteiger partial charge on any atom is 0.221 e. The lowest BCUT2D eigenvalue weighted by molar-refractivity contribution is -0.117. The van der Waals surface area contributed by atoms with E-state index in [1.165, 1.54) is 11.3 Å². The van der Waals surface area contributed by atoms with Crippen LogP contribution in [0.25, 0.3) is 0 Å². The molecule has 1 rings (SSSR count). The zero-order chi connectivity index (χ0) is 9.84. The number of nitrogens with one attached hydrogen (secondary N) is 1. The molecule has 1 amide bonds. The van der Waals surface area contributed by atoms with E-state index >= 15 is 0 Å². The molecule has 4 nitrogen and oxygen atoms in total. The molecule has 0 aliphatic carbocycles. The summed E-state index contributed by atoms with van der Waals surface area (Å²) < 4.78 is 0. The molecule has 0 spiro atoms. The first-order chi connectivity index (χ1) is 6.19. The fraction of sp³-hybridized carbons (Fsp3) is 0.375. The Kier molecular flexibility index (Phi) is 3.27. The van der Waals surface area contributed by atoms with E-state index in [1.807, 2.05) is 5.38 Å². The Labute approximate surface area is 80.4 Å². The van der Waals surface area contributed by atoms with Crippen LogP contribution >= 0.6 is 11.3 Å². The Hall–Kier alpha value is -1.07. The average Bonchev–Trinajstić information content (AvgIpc) is 2.45. The van der Waals surface area contributed by atoms with E-state index in [1.54, 1.807) is 7.05 Å². The first-order valence-corrected chi connectivity index (χ1v) is 4.73. The van der Waals surface area contributed by atoms with Crippen LogP contribution in [0.5, 0.6) is 0 Å². The quantitative estimate of drug-likeness (QED) is 0.654. The van der Waals surface area contributed by atoms with Crippen molar-refractivity contribution in [1.29, 1.82) is 0 Å². The van der Waals surface area contributed by atoms with Crippen molar-refractivity contribution >= 4 is 22.2 Å². The minimum Gasteiger partial charge on any atom is -0.392 e. The molecule has 0 aliphatic heterocycles. The summed E-state index contributed by atoms with van der Waals surface area (Å²) in [4.78, 5) is 10.7. The van der Waals surface area contributed by atoms with Crippen molar-refractivity contribution in [2.75, 3.05) is 12.4 Å². The second-order valence-electron chi connectivity index (χ2n) is 2.62. The topological polar surface area (TPSA) is 75.3 Å². The van der Waals surface area contributed by atoms with Gasteiger partial charge in [-0.3, -0.25) is 4.79 Å². The van der Waals surface area contributed by atoms with Crippen LogP contribution in [0.2, 0.25) is 0 Å². The molecule has 1 aromatic rings. The van der Waals surface area contributed by atoms with E-state index in [2.05, 4.69) is 5.32 Å². The molecule has 1 heterocycles. The van der Waals surface area contributed by atoms with Gasteiger partial charge in [0.05, 0.1) is 18.0 Å². The molecule has 0 radical (unpaired) electrons.